The van der Waals surface area contributed by atoms with Gasteiger partial charge in [0.15, 0.2) is 0 Å². The van der Waals surface area contributed by atoms with Crippen LogP contribution in [-0.2, 0) is 0 Å². The summed E-state index contributed by atoms with van der Waals surface area (Å²) in [5, 5.41) is 17.7. The molecule has 0 aliphatic heterocycles. The summed E-state index contributed by atoms with van der Waals surface area (Å²) in [5.41, 5.74) is 0. The Morgan fingerprint density at radius 2 is 1.67 bits per heavy atom. The predicted octanol–water partition coefficient (Wildman–Crippen LogP) is 0.632. The van der Waals surface area contributed by atoms with E-state index in [9.17, 15) is 0 Å². The van der Waals surface area contributed by atoms with Crippen molar-refractivity contribution < 1.29 is 10.2 Å². The number of hydrogen-bond donors (Lipinski definition) is 2. The van der Waals surface area contributed by atoms with Crippen molar-refractivity contribution in [2.24, 2.45) is 11.8 Å². The van der Waals surface area contributed by atoms with Crippen LogP contribution in [0.25, 0.3) is 0 Å². The fourth-order valence-corrected chi connectivity index (χ4v) is 0.920. The Labute approximate surface area is 56.5 Å². The standard InChI is InChI=1S/C7H16O2/c1-5(2)7(4-8)6(3)9/h5-9H,4H2,1-3H3/t6-,7+/m1/s1. The maximum absolute atomic E-state index is 9.02. The van der Waals surface area contributed by atoms with Gasteiger partial charge in [0.25, 0.3) is 0 Å². The zero-order valence-corrected chi connectivity index (χ0v) is 6.33. The molecule has 56 valence electrons. The van der Waals surface area contributed by atoms with Crippen LogP contribution in [-0.4, -0.2) is 22.9 Å². The lowest BCUT2D eigenvalue weighted by atomic mass is 9.92. The Bertz CT molecular complexity index is 61.3. The summed E-state index contributed by atoms with van der Waals surface area (Å²) in [6.45, 7) is 5.78. The first kappa shape index (κ1) is 8.92. The smallest absolute Gasteiger partial charge is 0.0564 e. The van der Waals surface area contributed by atoms with E-state index in [0.29, 0.717) is 5.92 Å². The third kappa shape index (κ3) is 2.82. The van der Waals surface area contributed by atoms with Crippen molar-refractivity contribution in [3.8, 4) is 0 Å². The minimum absolute atomic E-state index is 0.0324. The van der Waals surface area contributed by atoms with Gasteiger partial charge >= 0.3 is 0 Å². The lowest BCUT2D eigenvalue weighted by molar-refractivity contribution is 0.0542. The monoisotopic (exact) mass is 132 g/mol. The van der Waals surface area contributed by atoms with Gasteiger partial charge in [0.2, 0.25) is 0 Å². The minimum atomic E-state index is -0.394. The quantitative estimate of drug-likeness (QED) is 0.591. The van der Waals surface area contributed by atoms with Crippen molar-refractivity contribution in [2.45, 2.75) is 26.9 Å². The predicted molar refractivity (Wildman–Crippen MR) is 37.1 cm³/mol. The molecule has 2 heteroatoms. The number of rotatable bonds is 3. The summed E-state index contributed by atoms with van der Waals surface area (Å²) in [6, 6.07) is 0. The van der Waals surface area contributed by atoms with Crippen LogP contribution in [0.2, 0.25) is 0 Å². The summed E-state index contributed by atoms with van der Waals surface area (Å²) in [5.74, 6) is 0.389. The molecule has 0 unspecified atom stereocenters. The van der Waals surface area contributed by atoms with Gasteiger partial charge in [-0.1, -0.05) is 13.8 Å². The molecule has 0 bridgehead atoms. The highest BCUT2D eigenvalue weighted by atomic mass is 16.3. The molecular weight excluding hydrogens is 116 g/mol. The van der Waals surface area contributed by atoms with Crippen LogP contribution in [0.15, 0.2) is 0 Å². The SMILES string of the molecule is CC(C)[C@H](CO)[C@@H](C)O. The van der Waals surface area contributed by atoms with Crippen LogP contribution in [0.1, 0.15) is 20.8 Å². The average Bonchev–Trinajstić information content (AvgIpc) is 1.64. The molecule has 2 N–H and O–H groups in total. The first-order chi connectivity index (χ1) is 4.09. The van der Waals surface area contributed by atoms with Gasteiger partial charge in [-0.25, -0.2) is 0 Å². The van der Waals surface area contributed by atoms with Gasteiger partial charge in [0, 0.05) is 12.5 Å². The Morgan fingerprint density at radius 3 is 1.67 bits per heavy atom. The molecule has 2 nitrogen and oxygen atoms in total. The minimum Gasteiger partial charge on any atom is -0.396 e. The molecule has 0 spiro atoms. The second kappa shape index (κ2) is 3.85. The first-order valence-corrected chi connectivity index (χ1v) is 3.38. The third-order valence-corrected chi connectivity index (χ3v) is 1.69. The van der Waals surface area contributed by atoms with Crippen molar-refractivity contribution in [3.63, 3.8) is 0 Å². The highest BCUT2D eigenvalue weighted by molar-refractivity contribution is 4.66. The molecule has 0 saturated carbocycles. The molecule has 0 aromatic carbocycles. The van der Waals surface area contributed by atoms with E-state index < -0.39 is 6.10 Å². The van der Waals surface area contributed by atoms with E-state index in [2.05, 4.69) is 0 Å². The molecule has 0 heterocycles. The zero-order chi connectivity index (χ0) is 7.44. The van der Waals surface area contributed by atoms with Crippen LogP contribution >= 0.6 is 0 Å². The van der Waals surface area contributed by atoms with Crippen molar-refractivity contribution >= 4 is 0 Å². The van der Waals surface area contributed by atoms with E-state index in [4.69, 9.17) is 10.2 Å². The van der Waals surface area contributed by atoms with E-state index in [1.807, 2.05) is 13.8 Å². The van der Waals surface area contributed by atoms with Crippen LogP contribution in [0.5, 0.6) is 0 Å². The fourth-order valence-electron chi connectivity index (χ4n) is 0.920. The maximum atomic E-state index is 9.02. The first-order valence-electron chi connectivity index (χ1n) is 3.38. The van der Waals surface area contributed by atoms with Crippen LogP contribution < -0.4 is 0 Å². The molecule has 0 saturated heterocycles. The van der Waals surface area contributed by atoms with Gasteiger partial charge in [-0.3, -0.25) is 0 Å². The topological polar surface area (TPSA) is 40.5 Å². The third-order valence-electron chi connectivity index (χ3n) is 1.69. The molecule has 9 heavy (non-hydrogen) atoms. The summed E-state index contributed by atoms with van der Waals surface area (Å²) >= 11 is 0. The molecule has 0 rings (SSSR count). The molecule has 0 aromatic heterocycles. The van der Waals surface area contributed by atoms with Gasteiger partial charge in [0.1, 0.15) is 0 Å². The summed E-state index contributed by atoms with van der Waals surface area (Å²) in [7, 11) is 0. The number of aliphatic hydroxyl groups is 2. The normalized spacial score (nSPS) is 18.0. The van der Waals surface area contributed by atoms with Crippen LogP contribution in [0.3, 0.4) is 0 Å². The van der Waals surface area contributed by atoms with Crippen molar-refractivity contribution in [2.75, 3.05) is 6.61 Å². The van der Waals surface area contributed by atoms with Gasteiger partial charge in [-0.2, -0.15) is 0 Å². The van der Waals surface area contributed by atoms with Gasteiger partial charge < -0.3 is 10.2 Å². The van der Waals surface area contributed by atoms with Gasteiger partial charge in [-0.05, 0) is 12.8 Å². The average molecular weight is 132 g/mol. The highest BCUT2D eigenvalue weighted by Gasteiger charge is 2.16. The van der Waals surface area contributed by atoms with E-state index in [0.717, 1.165) is 0 Å². The van der Waals surface area contributed by atoms with Crippen LogP contribution in [0, 0.1) is 11.8 Å². The van der Waals surface area contributed by atoms with Crippen molar-refractivity contribution in [1.29, 1.82) is 0 Å². The second-order valence-electron chi connectivity index (χ2n) is 2.83. The van der Waals surface area contributed by atoms with Gasteiger partial charge in [-0.15, -0.1) is 0 Å². The van der Waals surface area contributed by atoms with E-state index in [1.165, 1.54) is 0 Å². The van der Waals surface area contributed by atoms with E-state index in [1.54, 1.807) is 6.92 Å². The molecule has 2 atom stereocenters. The Kier molecular flexibility index (Phi) is 3.82. The number of hydrogen-bond acceptors (Lipinski definition) is 2. The lowest BCUT2D eigenvalue weighted by Gasteiger charge is -2.20. The fraction of sp³-hybridized carbons (Fsp3) is 1.00. The summed E-state index contributed by atoms with van der Waals surface area (Å²) in [4.78, 5) is 0. The van der Waals surface area contributed by atoms with Crippen molar-refractivity contribution in [1.82, 2.24) is 0 Å². The Morgan fingerprint density at radius 1 is 1.22 bits per heavy atom. The lowest BCUT2D eigenvalue weighted by Crippen LogP contribution is -2.25. The van der Waals surface area contributed by atoms with Gasteiger partial charge in [0.05, 0.1) is 6.10 Å². The molecule has 0 aliphatic carbocycles. The largest absolute Gasteiger partial charge is 0.396 e. The van der Waals surface area contributed by atoms with E-state index >= 15 is 0 Å². The zero-order valence-electron chi connectivity index (χ0n) is 6.33. The van der Waals surface area contributed by atoms with Crippen LogP contribution in [0.4, 0.5) is 0 Å². The highest BCUT2D eigenvalue weighted by Crippen LogP contribution is 2.13. The molecule has 0 aromatic rings. The number of aliphatic hydroxyl groups excluding tert-OH is 2. The van der Waals surface area contributed by atoms with Crippen molar-refractivity contribution in [3.05, 3.63) is 0 Å². The molecule has 0 fully saturated rings. The molecule has 0 amide bonds. The summed E-state index contributed by atoms with van der Waals surface area (Å²) in [6.07, 6.45) is -0.394. The molecule has 0 radical (unpaired) electrons. The second-order valence-corrected chi connectivity index (χ2v) is 2.83. The summed E-state index contributed by atoms with van der Waals surface area (Å²) < 4.78 is 0. The Hall–Kier alpha value is -0.0800. The Balaban J connectivity index is 3.68. The van der Waals surface area contributed by atoms with E-state index in [-0.39, 0.29) is 12.5 Å². The molecular formula is C7H16O2. The maximum Gasteiger partial charge on any atom is 0.0564 e. The molecule has 0 aliphatic rings.